The van der Waals surface area contributed by atoms with Gasteiger partial charge in [0.1, 0.15) is 11.3 Å². The number of amides is 1. The Bertz CT molecular complexity index is 820. The van der Waals surface area contributed by atoms with Crippen LogP contribution in [-0.2, 0) is 14.4 Å². The van der Waals surface area contributed by atoms with Gasteiger partial charge in [0.05, 0.1) is 12.2 Å². The number of hydrogen-bond donors (Lipinski definition) is 2. The Balaban J connectivity index is 1.78. The van der Waals surface area contributed by atoms with Gasteiger partial charge in [-0.25, -0.2) is 9.90 Å². The first-order chi connectivity index (χ1) is 13.3. The number of nitrogens with zero attached hydrogens (tertiary/aromatic N) is 2. The maximum atomic E-state index is 13.5. The molecule has 1 amide bonds. The fourth-order valence-electron chi connectivity index (χ4n) is 4.40. The second-order valence-corrected chi connectivity index (χ2v) is 8.11. The molecule has 0 aromatic heterocycles. The Morgan fingerprint density at radius 3 is 2.46 bits per heavy atom. The molecular formula is C21H28N2O5. The maximum Gasteiger partial charge on any atom is 0.282 e. The summed E-state index contributed by atoms with van der Waals surface area (Å²) in [5.41, 5.74) is 3.20. The molecular weight excluding hydrogens is 360 g/mol. The number of ether oxygens (including phenoxy) is 1. The largest absolute Gasteiger partial charge is 0.509 e. The number of carbonyl (C=O) groups excluding carboxylic acids is 1. The van der Waals surface area contributed by atoms with E-state index in [0.717, 1.165) is 28.7 Å². The molecule has 3 aliphatic rings. The number of aryl methyl sites for hydroxylation is 3. The van der Waals surface area contributed by atoms with Gasteiger partial charge in [0, 0.05) is 19.5 Å². The van der Waals surface area contributed by atoms with Gasteiger partial charge in [0.15, 0.2) is 6.29 Å². The number of aliphatic hydroxyl groups is 1. The molecule has 2 fully saturated rings. The fourth-order valence-corrected chi connectivity index (χ4v) is 4.40. The first-order valence-electron chi connectivity index (χ1n) is 9.92. The van der Waals surface area contributed by atoms with Crippen molar-refractivity contribution < 1.29 is 24.7 Å². The summed E-state index contributed by atoms with van der Waals surface area (Å²) in [7, 11) is 0. The smallest absolute Gasteiger partial charge is 0.282 e. The fraction of sp³-hybridized carbons (Fsp3) is 0.571. The Hall–Kier alpha value is -1.93. The normalized spacial score (nSPS) is 25.4. The molecule has 0 bridgehead atoms. The van der Waals surface area contributed by atoms with Gasteiger partial charge in [-0.15, -0.1) is 0 Å². The molecule has 2 saturated heterocycles. The van der Waals surface area contributed by atoms with Crippen LogP contribution in [0, 0.1) is 20.8 Å². The molecule has 2 N–H and O–H groups in total. The van der Waals surface area contributed by atoms with E-state index >= 15 is 0 Å². The SMILES string of the molecule is Cc1cc(C)c(C2=C(O)C3(CCN(O)CC3)N(OC3CCCO3)C2=O)cc1C. The summed E-state index contributed by atoms with van der Waals surface area (Å²) in [6, 6.07) is 3.99. The van der Waals surface area contributed by atoms with Crippen molar-refractivity contribution in [3.8, 4) is 0 Å². The molecule has 1 spiro atoms. The average Bonchev–Trinajstić information content (AvgIpc) is 3.23. The van der Waals surface area contributed by atoms with Crippen molar-refractivity contribution in [2.24, 2.45) is 0 Å². The van der Waals surface area contributed by atoms with Gasteiger partial charge in [0.25, 0.3) is 5.91 Å². The molecule has 28 heavy (non-hydrogen) atoms. The van der Waals surface area contributed by atoms with Crippen molar-refractivity contribution in [1.82, 2.24) is 10.1 Å². The van der Waals surface area contributed by atoms with Crippen molar-refractivity contribution in [1.29, 1.82) is 0 Å². The number of piperidine rings is 1. The van der Waals surface area contributed by atoms with E-state index in [0.29, 0.717) is 44.5 Å². The van der Waals surface area contributed by atoms with Crippen LogP contribution < -0.4 is 0 Å². The van der Waals surface area contributed by atoms with Gasteiger partial charge in [-0.3, -0.25) is 4.79 Å². The van der Waals surface area contributed by atoms with Crippen LogP contribution >= 0.6 is 0 Å². The van der Waals surface area contributed by atoms with Crippen LogP contribution in [-0.4, -0.2) is 57.9 Å². The molecule has 3 heterocycles. The summed E-state index contributed by atoms with van der Waals surface area (Å²) in [4.78, 5) is 19.4. The second-order valence-electron chi connectivity index (χ2n) is 8.11. The quantitative estimate of drug-likeness (QED) is 0.828. The van der Waals surface area contributed by atoms with Gasteiger partial charge in [-0.1, -0.05) is 12.1 Å². The molecule has 1 aromatic carbocycles. The lowest BCUT2D eigenvalue weighted by Crippen LogP contribution is -2.55. The molecule has 0 radical (unpaired) electrons. The highest BCUT2D eigenvalue weighted by Crippen LogP contribution is 2.46. The first-order valence-corrected chi connectivity index (χ1v) is 9.92. The van der Waals surface area contributed by atoms with Gasteiger partial charge in [0.2, 0.25) is 0 Å². The summed E-state index contributed by atoms with van der Waals surface area (Å²) in [6.45, 7) is 7.27. The number of benzene rings is 1. The number of carbonyl (C=O) groups is 1. The van der Waals surface area contributed by atoms with Gasteiger partial charge in [-0.05, 0) is 62.3 Å². The zero-order valence-electron chi connectivity index (χ0n) is 16.7. The predicted octanol–water partition coefficient (Wildman–Crippen LogP) is 3.02. The van der Waals surface area contributed by atoms with E-state index in [4.69, 9.17) is 9.57 Å². The zero-order chi connectivity index (χ0) is 20.1. The van der Waals surface area contributed by atoms with E-state index in [9.17, 15) is 15.1 Å². The number of hydroxylamine groups is 4. The molecule has 4 rings (SSSR count). The molecule has 1 atom stereocenters. The molecule has 0 aliphatic carbocycles. The van der Waals surface area contributed by atoms with Crippen LogP contribution in [0.1, 0.15) is 47.9 Å². The molecule has 1 unspecified atom stereocenters. The highest BCUT2D eigenvalue weighted by molar-refractivity contribution is 6.23. The molecule has 3 aliphatic heterocycles. The Kier molecular flexibility index (Phi) is 4.95. The van der Waals surface area contributed by atoms with Crippen molar-refractivity contribution in [2.75, 3.05) is 19.7 Å². The number of hydrogen-bond acceptors (Lipinski definition) is 6. The van der Waals surface area contributed by atoms with Crippen molar-refractivity contribution in [2.45, 2.75) is 58.3 Å². The Labute approximate surface area is 165 Å². The number of rotatable bonds is 3. The highest BCUT2D eigenvalue weighted by Gasteiger charge is 2.56. The molecule has 7 nitrogen and oxygen atoms in total. The Morgan fingerprint density at radius 2 is 1.82 bits per heavy atom. The lowest BCUT2D eigenvalue weighted by molar-refractivity contribution is -0.290. The van der Waals surface area contributed by atoms with E-state index in [1.54, 1.807) is 0 Å². The van der Waals surface area contributed by atoms with E-state index in [1.165, 1.54) is 10.1 Å². The minimum Gasteiger partial charge on any atom is -0.509 e. The van der Waals surface area contributed by atoms with Gasteiger partial charge in [-0.2, -0.15) is 5.06 Å². The van der Waals surface area contributed by atoms with Crippen LogP contribution in [0.3, 0.4) is 0 Å². The van der Waals surface area contributed by atoms with Crippen molar-refractivity contribution in [3.63, 3.8) is 0 Å². The third kappa shape index (κ3) is 3.03. The molecule has 1 aromatic rings. The third-order valence-electron chi connectivity index (χ3n) is 6.25. The van der Waals surface area contributed by atoms with E-state index in [2.05, 4.69) is 0 Å². The average molecular weight is 388 g/mol. The monoisotopic (exact) mass is 388 g/mol. The molecule has 0 saturated carbocycles. The summed E-state index contributed by atoms with van der Waals surface area (Å²) in [5.74, 6) is -0.305. The summed E-state index contributed by atoms with van der Waals surface area (Å²) in [6.07, 6.45) is 1.89. The minimum atomic E-state index is -0.969. The summed E-state index contributed by atoms with van der Waals surface area (Å²) in [5, 5.41) is 23.7. The van der Waals surface area contributed by atoms with Crippen LogP contribution in [0.25, 0.3) is 5.57 Å². The van der Waals surface area contributed by atoms with Gasteiger partial charge < -0.3 is 15.1 Å². The van der Waals surface area contributed by atoms with E-state index < -0.39 is 11.8 Å². The Morgan fingerprint density at radius 1 is 1.14 bits per heavy atom. The summed E-state index contributed by atoms with van der Waals surface area (Å²) >= 11 is 0. The highest BCUT2D eigenvalue weighted by atomic mass is 16.8. The van der Waals surface area contributed by atoms with Crippen molar-refractivity contribution >= 4 is 11.5 Å². The maximum absolute atomic E-state index is 13.5. The van der Waals surface area contributed by atoms with Crippen molar-refractivity contribution in [3.05, 3.63) is 40.1 Å². The van der Waals surface area contributed by atoms with Crippen LogP contribution in [0.4, 0.5) is 0 Å². The zero-order valence-corrected chi connectivity index (χ0v) is 16.7. The van der Waals surface area contributed by atoms with Crippen LogP contribution in [0.2, 0.25) is 0 Å². The van der Waals surface area contributed by atoms with E-state index in [-0.39, 0.29) is 11.7 Å². The first kappa shape index (κ1) is 19.4. The third-order valence-corrected chi connectivity index (χ3v) is 6.25. The topological polar surface area (TPSA) is 82.5 Å². The lowest BCUT2D eigenvalue weighted by atomic mass is 9.85. The van der Waals surface area contributed by atoms with Gasteiger partial charge >= 0.3 is 0 Å². The molecule has 152 valence electrons. The predicted molar refractivity (Wildman–Crippen MR) is 102 cm³/mol. The van der Waals surface area contributed by atoms with E-state index in [1.807, 2.05) is 32.9 Å². The second kappa shape index (κ2) is 7.15. The molecule has 7 heteroatoms. The van der Waals surface area contributed by atoms with Crippen LogP contribution in [0.5, 0.6) is 0 Å². The summed E-state index contributed by atoms with van der Waals surface area (Å²) < 4.78 is 5.58. The minimum absolute atomic E-state index is 0.0370. The lowest BCUT2D eigenvalue weighted by Gasteiger charge is -2.42. The number of aliphatic hydroxyl groups excluding tert-OH is 1. The van der Waals surface area contributed by atoms with Crippen LogP contribution in [0.15, 0.2) is 17.9 Å². The standard InChI is InChI=1S/C21H28N2O5/c1-13-11-15(3)16(12-14(13)2)18-19(24)21(6-8-22(26)9-7-21)23(20(18)25)28-17-5-4-10-27-17/h11-12,17,24,26H,4-10H2,1-3H3.